The molecule has 29 heavy (non-hydrogen) atoms. The van der Waals surface area contributed by atoms with Gasteiger partial charge in [-0.2, -0.15) is 0 Å². The van der Waals surface area contributed by atoms with E-state index >= 15 is 0 Å². The van der Waals surface area contributed by atoms with Crippen molar-refractivity contribution >= 4 is 32.6 Å². The second-order valence-corrected chi connectivity index (χ2v) is 8.86. The van der Waals surface area contributed by atoms with Crippen LogP contribution in [-0.2, 0) is 21.4 Å². The molecule has 1 N–H and O–H groups in total. The van der Waals surface area contributed by atoms with Crippen molar-refractivity contribution in [3.05, 3.63) is 69.8 Å². The lowest BCUT2D eigenvalue weighted by molar-refractivity contribution is 0.0462. The number of nitrogens with zero attached hydrogens (tertiary/aromatic N) is 2. The number of hydrogen-bond donors (Lipinski definition) is 1. The van der Waals surface area contributed by atoms with E-state index in [-0.39, 0.29) is 29.3 Å². The van der Waals surface area contributed by atoms with Gasteiger partial charge in [0.2, 0.25) is 10.0 Å². The summed E-state index contributed by atoms with van der Waals surface area (Å²) in [5, 5.41) is 0.479. The molecule has 8 nitrogen and oxygen atoms in total. The first-order valence-corrected chi connectivity index (χ1v) is 10.7. The van der Waals surface area contributed by atoms with E-state index in [0.29, 0.717) is 29.6 Å². The summed E-state index contributed by atoms with van der Waals surface area (Å²) >= 11 is 0. The van der Waals surface area contributed by atoms with Crippen molar-refractivity contribution in [3.63, 3.8) is 0 Å². The fraction of sp³-hybridized carbons (Fsp3) is 0.250. The molecule has 2 heterocycles. The van der Waals surface area contributed by atoms with Crippen LogP contribution >= 0.6 is 0 Å². The van der Waals surface area contributed by atoms with Crippen molar-refractivity contribution in [2.45, 2.75) is 20.0 Å². The average Bonchev–Trinajstić information content (AvgIpc) is 3.06. The number of fused-ring (bicyclic) bond motifs is 1. The third-order valence-corrected chi connectivity index (χ3v) is 6.69. The summed E-state index contributed by atoms with van der Waals surface area (Å²) in [7, 11) is -3.27. The molecule has 0 unspecified atom stereocenters. The number of sulfonamides is 1. The summed E-state index contributed by atoms with van der Waals surface area (Å²) < 4.78 is 30.6. The van der Waals surface area contributed by atoms with E-state index in [1.165, 1.54) is 16.4 Å². The number of aromatic amines is 1. The van der Waals surface area contributed by atoms with Crippen LogP contribution in [-0.4, -0.2) is 36.7 Å². The van der Waals surface area contributed by atoms with Gasteiger partial charge < -0.3 is 9.72 Å². The van der Waals surface area contributed by atoms with Gasteiger partial charge in [-0.1, -0.05) is 12.1 Å². The Balaban J connectivity index is 1.48. The molecule has 1 fully saturated rings. The van der Waals surface area contributed by atoms with E-state index in [1.54, 1.807) is 24.3 Å². The minimum Gasteiger partial charge on any atom is -0.454 e. The topological polar surface area (TPSA) is 109 Å². The maximum absolute atomic E-state index is 12.3. The minimum absolute atomic E-state index is 0.132. The molecule has 0 atom stereocenters. The second-order valence-electron chi connectivity index (χ2n) is 6.85. The highest BCUT2D eigenvalue weighted by Crippen LogP contribution is 2.24. The number of H-pyrrole nitrogens is 1. The van der Waals surface area contributed by atoms with Crippen LogP contribution in [0.25, 0.3) is 10.9 Å². The fourth-order valence-corrected chi connectivity index (χ4v) is 4.90. The highest BCUT2D eigenvalue weighted by atomic mass is 32.2. The van der Waals surface area contributed by atoms with E-state index in [4.69, 9.17) is 4.74 Å². The fourth-order valence-electron chi connectivity index (χ4n) is 3.33. The number of nitrogens with one attached hydrogen (secondary N) is 1. The molecule has 9 heteroatoms. The molecule has 0 amide bonds. The third-order valence-electron chi connectivity index (χ3n) is 4.82. The molecule has 0 bridgehead atoms. The highest BCUT2D eigenvalue weighted by molar-refractivity contribution is 7.93. The van der Waals surface area contributed by atoms with E-state index in [2.05, 4.69) is 9.97 Å². The standard InChI is InChI=1S/C20H19N3O5S/c1-13-4-2-5-16-18(13)21-17(22-19(16)24)12-28-20(25)14-6-8-15(9-7-14)23-10-3-11-29(23,26)27/h2,4-9H,3,10-12H2,1H3,(H,21,22,24). The Kier molecular flexibility index (Phi) is 4.83. The van der Waals surface area contributed by atoms with Crippen LogP contribution in [0, 0.1) is 6.92 Å². The summed E-state index contributed by atoms with van der Waals surface area (Å²) in [6.07, 6.45) is 0.586. The SMILES string of the molecule is Cc1cccc2c(=O)[nH]c(COC(=O)c3ccc(N4CCCS4(=O)=O)cc3)nc12. The molecule has 3 aromatic rings. The number of carbonyl (C=O) groups excluding carboxylic acids is 1. The quantitative estimate of drug-likeness (QED) is 0.656. The molecule has 1 saturated heterocycles. The molecule has 1 aliphatic heterocycles. The molecular weight excluding hydrogens is 394 g/mol. The summed E-state index contributed by atoms with van der Waals surface area (Å²) in [6.45, 7) is 2.11. The number of esters is 1. The van der Waals surface area contributed by atoms with Crippen molar-refractivity contribution < 1.29 is 17.9 Å². The largest absolute Gasteiger partial charge is 0.454 e. The minimum atomic E-state index is -3.27. The van der Waals surface area contributed by atoms with Crippen molar-refractivity contribution in [1.82, 2.24) is 9.97 Å². The van der Waals surface area contributed by atoms with Crippen molar-refractivity contribution in [2.75, 3.05) is 16.6 Å². The van der Waals surface area contributed by atoms with Crippen molar-refractivity contribution in [2.24, 2.45) is 0 Å². The Morgan fingerprint density at radius 1 is 1.21 bits per heavy atom. The lowest BCUT2D eigenvalue weighted by atomic mass is 10.1. The van der Waals surface area contributed by atoms with Gasteiger partial charge in [-0.25, -0.2) is 18.2 Å². The highest BCUT2D eigenvalue weighted by Gasteiger charge is 2.28. The summed E-state index contributed by atoms with van der Waals surface area (Å²) in [6, 6.07) is 11.5. The zero-order valence-electron chi connectivity index (χ0n) is 15.7. The number of hydrogen-bond acceptors (Lipinski definition) is 6. The van der Waals surface area contributed by atoms with Crippen LogP contribution in [0.5, 0.6) is 0 Å². The normalized spacial score (nSPS) is 15.6. The van der Waals surface area contributed by atoms with E-state index in [0.717, 1.165) is 5.56 Å². The number of carbonyl (C=O) groups is 1. The number of anilines is 1. The Hall–Kier alpha value is -3.20. The van der Waals surface area contributed by atoms with E-state index in [9.17, 15) is 18.0 Å². The molecule has 0 aliphatic carbocycles. The molecule has 0 saturated carbocycles. The predicted molar refractivity (Wildman–Crippen MR) is 108 cm³/mol. The first-order chi connectivity index (χ1) is 13.8. The molecule has 2 aromatic carbocycles. The van der Waals surface area contributed by atoms with E-state index < -0.39 is 16.0 Å². The molecule has 1 aromatic heterocycles. The number of rotatable bonds is 4. The Morgan fingerprint density at radius 3 is 2.66 bits per heavy atom. The van der Waals surface area contributed by atoms with Crippen LogP contribution in [0.2, 0.25) is 0 Å². The number of para-hydroxylation sites is 1. The molecule has 150 valence electrons. The Labute approximate surface area is 167 Å². The smallest absolute Gasteiger partial charge is 0.338 e. The molecular formula is C20H19N3O5S. The van der Waals surface area contributed by atoms with Crippen molar-refractivity contribution in [1.29, 1.82) is 0 Å². The van der Waals surface area contributed by atoms with Gasteiger partial charge in [-0.3, -0.25) is 9.10 Å². The van der Waals surface area contributed by atoms with Gasteiger partial charge in [0, 0.05) is 6.54 Å². The predicted octanol–water partition coefficient (Wildman–Crippen LogP) is 2.13. The Morgan fingerprint density at radius 2 is 1.97 bits per heavy atom. The van der Waals surface area contributed by atoms with Crippen molar-refractivity contribution in [3.8, 4) is 0 Å². The van der Waals surface area contributed by atoms with Gasteiger partial charge in [-0.15, -0.1) is 0 Å². The molecule has 4 rings (SSSR count). The number of benzene rings is 2. The van der Waals surface area contributed by atoms with Gasteiger partial charge in [0.1, 0.15) is 12.4 Å². The second kappa shape index (κ2) is 7.32. The first kappa shape index (κ1) is 19.1. The number of ether oxygens (including phenoxy) is 1. The van der Waals surface area contributed by atoms with Crippen LogP contribution < -0.4 is 9.86 Å². The number of aryl methyl sites for hydroxylation is 1. The maximum Gasteiger partial charge on any atom is 0.338 e. The summed E-state index contributed by atoms with van der Waals surface area (Å²) in [5.74, 6) is -0.203. The van der Waals surface area contributed by atoms with Gasteiger partial charge in [0.15, 0.2) is 0 Å². The third kappa shape index (κ3) is 3.73. The van der Waals surface area contributed by atoms with Crippen LogP contribution in [0.3, 0.4) is 0 Å². The zero-order valence-corrected chi connectivity index (χ0v) is 16.5. The van der Waals surface area contributed by atoms with E-state index in [1.807, 2.05) is 13.0 Å². The van der Waals surface area contributed by atoms with Crippen LogP contribution in [0.1, 0.15) is 28.2 Å². The van der Waals surface area contributed by atoms with Gasteiger partial charge >= 0.3 is 5.97 Å². The summed E-state index contributed by atoms with van der Waals surface area (Å²) in [5.41, 5.74) is 1.94. The van der Waals surface area contributed by atoms with Crippen LogP contribution in [0.4, 0.5) is 5.69 Å². The van der Waals surface area contributed by atoms with Gasteiger partial charge in [-0.05, 0) is 49.2 Å². The van der Waals surface area contributed by atoms with Gasteiger partial charge in [0.25, 0.3) is 5.56 Å². The van der Waals surface area contributed by atoms with Crippen LogP contribution in [0.15, 0.2) is 47.3 Å². The molecule has 0 radical (unpaired) electrons. The Bertz CT molecular complexity index is 1250. The molecule has 1 aliphatic rings. The first-order valence-electron chi connectivity index (χ1n) is 9.11. The zero-order chi connectivity index (χ0) is 20.6. The number of aromatic nitrogens is 2. The molecule has 0 spiro atoms. The van der Waals surface area contributed by atoms with Gasteiger partial charge in [0.05, 0.1) is 27.9 Å². The maximum atomic E-state index is 12.3. The summed E-state index contributed by atoms with van der Waals surface area (Å²) in [4.78, 5) is 31.5. The monoisotopic (exact) mass is 413 g/mol. The lowest BCUT2D eigenvalue weighted by Crippen LogP contribution is -2.25. The average molecular weight is 413 g/mol. The lowest BCUT2D eigenvalue weighted by Gasteiger charge is -2.16.